The molecule has 2 aromatic heterocycles. The van der Waals surface area contributed by atoms with E-state index in [1.54, 1.807) is 22.1 Å². The fourth-order valence-electron chi connectivity index (χ4n) is 2.20. The summed E-state index contributed by atoms with van der Waals surface area (Å²) in [5.74, 6) is 0.00333. The minimum atomic E-state index is 0.00333. The molecule has 0 fully saturated rings. The summed E-state index contributed by atoms with van der Waals surface area (Å²) in [7, 11) is 0. The van der Waals surface area contributed by atoms with Crippen molar-refractivity contribution in [2.45, 2.75) is 6.42 Å². The second kappa shape index (κ2) is 6.05. The highest BCUT2D eigenvalue weighted by atomic mass is 16.2. The van der Waals surface area contributed by atoms with Crippen LogP contribution in [0.25, 0.3) is 0 Å². The summed E-state index contributed by atoms with van der Waals surface area (Å²) in [6.45, 7) is 0. The lowest BCUT2D eigenvalue weighted by atomic mass is 10.1. The summed E-state index contributed by atoms with van der Waals surface area (Å²) in [4.78, 5) is 16.7. The first-order valence-corrected chi connectivity index (χ1v) is 6.75. The fraction of sp³-hybridized carbons (Fsp3) is 0.0588. The van der Waals surface area contributed by atoms with Crippen LogP contribution in [0.3, 0.4) is 0 Å². The predicted octanol–water partition coefficient (Wildman–Crippen LogP) is 2.92. The number of anilines is 1. The summed E-state index contributed by atoms with van der Waals surface area (Å²) in [6.07, 6.45) is 7.41. The molecule has 0 unspecified atom stereocenters. The molecule has 0 bridgehead atoms. The SMILES string of the molecule is O=C(Cc1ccccc1)N(c1ccncc1)n1cccc1. The molecular weight excluding hydrogens is 262 g/mol. The van der Waals surface area contributed by atoms with Gasteiger partial charge in [0.2, 0.25) is 0 Å². The van der Waals surface area contributed by atoms with Gasteiger partial charge in [0.25, 0.3) is 5.91 Å². The van der Waals surface area contributed by atoms with E-state index in [0.717, 1.165) is 11.3 Å². The molecule has 1 aromatic carbocycles. The van der Waals surface area contributed by atoms with Crippen LogP contribution in [-0.2, 0) is 11.2 Å². The van der Waals surface area contributed by atoms with Crippen molar-refractivity contribution in [3.63, 3.8) is 0 Å². The molecule has 0 spiro atoms. The van der Waals surface area contributed by atoms with E-state index in [0.29, 0.717) is 6.42 Å². The van der Waals surface area contributed by atoms with Crippen molar-refractivity contribution in [3.8, 4) is 0 Å². The lowest BCUT2D eigenvalue weighted by Crippen LogP contribution is -2.36. The van der Waals surface area contributed by atoms with Crippen LogP contribution in [0.15, 0.2) is 79.4 Å². The molecule has 0 radical (unpaired) electrons. The maximum Gasteiger partial charge on any atom is 0.250 e. The molecule has 1 amide bonds. The van der Waals surface area contributed by atoms with Crippen molar-refractivity contribution in [3.05, 3.63) is 84.9 Å². The van der Waals surface area contributed by atoms with E-state index in [-0.39, 0.29) is 5.91 Å². The summed E-state index contributed by atoms with van der Waals surface area (Å²) in [5.41, 5.74) is 1.79. The van der Waals surface area contributed by atoms with Gasteiger partial charge in [0.05, 0.1) is 12.1 Å². The second-order valence-electron chi connectivity index (χ2n) is 4.64. The molecule has 3 aromatic rings. The van der Waals surface area contributed by atoms with E-state index in [2.05, 4.69) is 4.98 Å². The van der Waals surface area contributed by atoms with E-state index in [9.17, 15) is 4.79 Å². The van der Waals surface area contributed by atoms with Gasteiger partial charge < -0.3 is 0 Å². The summed E-state index contributed by atoms with van der Waals surface area (Å²) in [6, 6.07) is 17.2. The normalized spacial score (nSPS) is 10.3. The van der Waals surface area contributed by atoms with E-state index < -0.39 is 0 Å². The first kappa shape index (κ1) is 13.1. The average Bonchev–Trinajstić information content (AvgIpc) is 3.03. The molecule has 21 heavy (non-hydrogen) atoms. The van der Waals surface area contributed by atoms with Crippen LogP contribution >= 0.6 is 0 Å². The molecule has 4 heteroatoms. The van der Waals surface area contributed by atoms with Crippen LogP contribution in [0, 0.1) is 0 Å². The van der Waals surface area contributed by atoms with Gasteiger partial charge in [0, 0.05) is 24.8 Å². The van der Waals surface area contributed by atoms with Crippen molar-refractivity contribution in [1.82, 2.24) is 9.66 Å². The molecule has 0 saturated carbocycles. The summed E-state index contributed by atoms with van der Waals surface area (Å²) < 4.78 is 1.78. The van der Waals surface area contributed by atoms with Crippen LogP contribution in [0.4, 0.5) is 5.69 Å². The molecule has 0 aliphatic heterocycles. The van der Waals surface area contributed by atoms with Gasteiger partial charge in [0.15, 0.2) is 0 Å². The van der Waals surface area contributed by atoms with E-state index >= 15 is 0 Å². The zero-order valence-corrected chi connectivity index (χ0v) is 11.5. The van der Waals surface area contributed by atoms with Gasteiger partial charge in [-0.1, -0.05) is 30.3 Å². The first-order chi connectivity index (χ1) is 10.3. The minimum Gasteiger partial charge on any atom is -0.272 e. The number of hydrogen-bond acceptors (Lipinski definition) is 2. The largest absolute Gasteiger partial charge is 0.272 e. The molecular formula is C17H15N3O. The number of carbonyl (C=O) groups is 1. The number of carbonyl (C=O) groups excluding carboxylic acids is 1. The van der Waals surface area contributed by atoms with Gasteiger partial charge in [-0.15, -0.1) is 0 Å². The molecule has 3 rings (SSSR count). The highest BCUT2D eigenvalue weighted by molar-refractivity contribution is 5.94. The maximum absolute atomic E-state index is 12.7. The maximum atomic E-state index is 12.7. The Labute approximate surface area is 123 Å². The Morgan fingerprint density at radius 3 is 2.29 bits per heavy atom. The lowest BCUT2D eigenvalue weighted by molar-refractivity contribution is -0.118. The van der Waals surface area contributed by atoms with Crippen LogP contribution in [-0.4, -0.2) is 15.6 Å². The average molecular weight is 277 g/mol. The molecule has 0 aliphatic carbocycles. The third kappa shape index (κ3) is 3.00. The zero-order chi connectivity index (χ0) is 14.5. The number of aromatic nitrogens is 2. The van der Waals surface area contributed by atoms with Crippen LogP contribution in [0.5, 0.6) is 0 Å². The number of hydrogen-bond donors (Lipinski definition) is 0. The number of amides is 1. The van der Waals surface area contributed by atoms with E-state index in [1.165, 1.54) is 0 Å². The Balaban J connectivity index is 1.91. The van der Waals surface area contributed by atoms with Crippen LogP contribution in [0.2, 0.25) is 0 Å². The lowest BCUT2D eigenvalue weighted by Gasteiger charge is -2.23. The van der Waals surface area contributed by atoms with Gasteiger partial charge in [-0.3, -0.25) is 14.5 Å². The Hall–Kier alpha value is -2.88. The molecule has 2 heterocycles. The smallest absolute Gasteiger partial charge is 0.250 e. The molecule has 4 nitrogen and oxygen atoms in total. The van der Waals surface area contributed by atoms with Crippen molar-refractivity contribution in [2.75, 3.05) is 5.01 Å². The number of nitrogens with zero attached hydrogens (tertiary/aromatic N) is 3. The summed E-state index contributed by atoms with van der Waals surface area (Å²) >= 11 is 0. The molecule has 0 saturated heterocycles. The van der Waals surface area contributed by atoms with E-state index in [4.69, 9.17) is 0 Å². The topological polar surface area (TPSA) is 38.1 Å². The third-order valence-electron chi connectivity index (χ3n) is 3.16. The van der Waals surface area contributed by atoms with Gasteiger partial charge >= 0.3 is 0 Å². The van der Waals surface area contributed by atoms with Gasteiger partial charge in [0.1, 0.15) is 0 Å². The number of rotatable bonds is 4. The summed E-state index contributed by atoms with van der Waals surface area (Å²) in [5, 5.41) is 1.65. The van der Waals surface area contributed by atoms with Gasteiger partial charge in [-0.2, -0.15) is 0 Å². The molecule has 0 aliphatic rings. The van der Waals surface area contributed by atoms with Crippen molar-refractivity contribution in [2.24, 2.45) is 0 Å². The Kier molecular flexibility index (Phi) is 3.78. The van der Waals surface area contributed by atoms with Crippen molar-refractivity contribution in [1.29, 1.82) is 0 Å². The Bertz CT molecular complexity index is 693. The molecule has 104 valence electrons. The highest BCUT2D eigenvalue weighted by Gasteiger charge is 2.17. The van der Waals surface area contributed by atoms with Crippen LogP contribution in [0.1, 0.15) is 5.56 Å². The van der Waals surface area contributed by atoms with Gasteiger partial charge in [-0.05, 0) is 29.8 Å². The predicted molar refractivity (Wildman–Crippen MR) is 81.7 cm³/mol. The molecule has 0 N–H and O–H groups in total. The van der Waals surface area contributed by atoms with Gasteiger partial charge in [-0.25, -0.2) is 5.01 Å². The molecule has 0 atom stereocenters. The Morgan fingerprint density at radius 1 is 0.952 bits per heavy atom. The fourth-order valence-corrected chi connectivity index (χ4v) is 2.20. The Morgan fingerprint density at radius 2 is 1.62 bits per heavy atom. The third-order valence-corrected chi connectivity index (χ3v) is 3.16. The second-order valence-corrected chi connectivity index (χ2v) is 4.64. The van der Waals surface area contributed by atoms with Crippen molar-refractivity contribution < 1.29 is 4.79 Å². The number of pyridine rings is 1. The zero-order valence-electron chi connectivity index (χ0n) is 11.5. The monoisotopic (exact) mass is 277 g/mol. The minimum absolute atomic E-state index is 0.00333. The van der Waals surface area contributed by atoms with Crippen LogP contribution < -0.4 is 5.01 Å². The first-order valence-electron chi connectivity index (χ1n) is 6.75. The standard InChI is InChI=1S/C17H15N3O/c21-17(14-15-6-2-1-3-7-15)20(19-12-4-5-13-19)16-8-10-18-11-9-16/h1-13H,14H2. The van der Waals surface area contributed by atoms with Crippen molar-refractivity contribution >= 4 is 11.6 Å². The quantitative estimate of drug-likeness (QED) is 0.735. The van der Waals surface area contributed by atoms with E-state index in [1.807, 2.05) is 67.0 Å². The highest BCUT2D eigenvalue weighted by Crippen LogP contribution is 2.16. The number of benzene rings is 1.